The second kappa shape index (κ2) is 8.33. The molecule has 0 saturated heterocycles. The van der Waals surface area contributed by atoms with Crippen LogP contribution in [0.3, 0.4) is 0 Å². The van der Waals surface area contributed by atoms with E-state index in [1.54, 1.807) is 6.07 Å². The van der Waals surface area contributed by atoms with Gasteiger partial charge in [0.15, 0.2) is 0 Å². The van der Waals surface area contributed by atoms with Crippen LogP contribution in [0.15, 0.2) is 24.3 Å². The fraction of sp³-hybridized carbons (Fsp3) is 0.500. The summed E-state index contributed by atoms with van der Waals surface area (Å²) >= 11 is 0. The van der Waals surface area contributed by atoms with Gasteiger partial charge in [-0.15, -0.1) is 0 Å². The maximum Gasteiger partial charge on any atom is 0.270 e. The number of amides is 1. The van der Waals surface area contributed by atoms with Crippen molar-refractivity contribution in [3.63, 3.8) is 0 Å². The highest BCUT2D eigenvalue weighted by Crippen LogP contribution is 2.12. The SMILES string of the molecule is CN(C)CCN(C)CCNC(=O)c1cccc([N+](=O)[O-])c1. The lowest BCUT2D eigenvalue weighted by atomic mass is 10.2. The summed E-state index contributed by atoms with van der Waals surface area (Å²) in [5.74, 6) is -0.292. The highest BCUT2D eigenvalue weighted by molar-refractivity contribution is 5.94. The summed E-state index contributed by atoms with van der Waals surface area (Å²) in [7, 11) is 6.01. The highest BCUT2D eigenvalue weighted by Gasteiger charge is 2.11. The van der Waals surface area contributed by atoms with Crippen LogP contribution in [0.5, 0.6) is 0 Å². The Kier molecular flexibility index (Phi) is 6.77. The van der Waals surface area contributed by atoms with Gasteiger partial charge in [0, 0.05) is 43.9 Å². The number of nitro groups is 1. The van der Waals surface area contributed by atoms with E-state index in [9.17, 15) is 14.9 Å². The Bertz CT molecular complexity index is 491. The van der Waals surface area contributed by atoms with Crippen LogP contribution in [0.4, 0.5) is 5.69 Å². The first kappa shape index (κ1) is 17.1. The Labute approximate surface area is 124 Å². The summed E-state index contributed by atoms with van der Waals surface area (Å²) in [6, 6.07) is 5.73. The molecule has 0 fully saturated rings. The molecule has 116 valence electrons. The van der Waals surface area contributed by atoms with Crippen molar-refractivity contribution in [2.45, 2.75) is 0 Å². The van der Waals surface area contributed by atoms with Gasteiger partial charge in [0.05, 0.1) is 4.92 Å². The van der Waals surface area contributed by atoms with Crippen molar-refractivity contribution in [1.82, 2.24) is 15.1 Å². The predicted molar refractivity (Wildman–Crippen MR) is 81.5 cm³/mol. The van der Waals surface area contributed by atoms with Gasteiger partial charge < -0.3 is 15.1 Å². The third-order valence-electron chi connectivity index (χ3n) is 3.03. The second-order valence-electron chi connectivity index (χ2n) is 5.17. The van der Waals surface area contributed by atoms with E-state index in [0.717, 1.165) is 19.6 Å². The summed E-state index contributed by atoms with van der Waals surface area (Å²) in [6.45, 7) is 3.11. The minimum absolute atomic E-state index is 0.0780. The maximum absolute atomic E-state index is 11.9. The zero-order chi connectivity index (χ0) is 15.8. The second-order valence-corrected chi connectivity index (χ2v) is 5.17. The Morgan fingerprint density at radius 2 is 1.95 bits per heavy atom. The minimum atomic E-state index is -0.508. The molecule has 1 rings (SSSR count). The molecule has 0 bridgehead atoms. The van der Waals surface area contributed by atoms with E-state index in [4.69, 9.17) is 0 Å². The number of likely N-dealkylation sites (N-methyl/N-ethyl adjacent to an activating group) is 2. The number of hydrogen-bond donors (Lipinski definition) is 1. The van der Waals surface area contributed by atoms with E-state index in [2.05, 4.69) is 15.1 Å². The number of non-ortho nitro benzene ring substituents is 1. The van der Waals surface area contributed by atoms with Crippen LogP contribution < -0.4 is 5.32 Å². The Balaban J connectivity index is 2.40. The van der Waals surface area contributed by atoms with Crippen molar-refractivity contribution in [2.24, 2.45) is 0 Å². The van der Waals surface area contributed by atoms with Crippen LogP contribution in [0.25, 0.3) is 0 Å². The molecule has 1 N–H and O–H groups in total. The first-order valence-electron chi connectivity index (χ1n) is 6.76. The molecule has 0 aromatic heterocycles. The van der Waals surface area contributed by atoms with Crippen molar-refractivity contribution >= 4 is 11.6 Å². The van der Waals surface area contributed by atoms with E-state index in [-0.39, 0.29) is 11.6 Å². The number of rotatable bonds is 8. The summed E-state index contributed by atoms with van der Waals surface area (Å²) in [6.07, 6.45) is 0. The quantitative estimate of drug-likeness (QED) is 0.567. The molecule has 1 amide bonds. The van der Waals surface area contributed by atoms with Gasteiger partial charge >= 0.3 is 0 Å². The molecular weight excluding hydrogens is 272 g/mol. The fourth-order valence-corrected chi connectivity index (χ4v) is 1.71. The molecule has 0 heterocycles. The lowest BCUT2D eigenvalue weighted by molar-refractivity contribution is -0.384. The lowest BCUT2D eigenvalue weighted by Gasteiger charge is -2.19. The molecule has 0 atom stereocenters. The lowest BCUT2D eigenvalue weighted by Crippen LogP contribution is -2.36. The van der Waals surface area contributed by atoms with Gasteiger partial charge in [0.2, 0.25) is 0 Å². The van der Waals surface area contributed by atoms with Gasteiger partial charge in [-0.05, 0) is 27.2 Å². The largest absolute Gasteiger partial charge is 0.351 e. The molecule has 0 aliphatic heterocycles. The summed E-state index contributed by atoms with van der Waals surface area (Å²) < 4.78 is 0. The fourth-order valence-electron chi connectivity index (χ4n) is 1.71. The van der Waals surface area contributed by atoms with E-state index in [0.29, 0.717) is 12.1 Å². The van der Waals surface area contributed by atoms with Gasteiger partial charge in [-0.25, -0.2) is 0 Å². The van der Waals surface area contributed by atoms with Crippen LogP contribution in [-0.4, -0.2) is 68.0 Å². The smallest absolute Gasteiger partial charge is 0.270 e. The third-order valence-corrected chi connectivity index (χ3v) is 3.03. The zero-order valence-corrected chi connectivity index (χ0v) is 12.7. The molecule has 0 spiro atoms. The first-order valence-corrected chi connectivity index (χ1v) is 6.76. The molecule has 0 unspecified atom stereocenters. The van der Waals surface area contributed by atoms with Crippen molar-refractivity contribution in [2.75, 3.05) is 47.3 Å². The monoisotopic (exact) mass is 294 g/mol. The van der Waals surface area contributed by atoms with E-state index in [1.807, 2.05) is 21.1 Å². The average molecular weight is 294 g/mol. The summed E-state index contributed by atoms with van der Waals surface area (Å²) in [4.78, 5) is 26.3. The molecule has 7 nitrogen and oxygen atoms in total. The summed E-state index contributed by atoms with van der Waals surface area (Å²) in [5, 5.41) is 13.4. The predicted octanol–water partition coefficient (Wildman–Crippen LogP) is 0.818. The van der Waals surface area contributed by atoms with Gasteiger partial charge in [0.25, 0.3) is 11.6 Å². The van der Waals surface area contributed by atoms with Gasteiger partial charge in [-0.2, -0.15) is 0 Å². The van der Waals surface area contributed by atoms with E-state index in [1.165, 1.54) is 18.2 Å². The zero-order valence-electron chi connectivity index (χ0n) is 12.7. The highest BCUT2D eigenvalue weighted by atomic mass is 16.6. The standard InChI is InChI=1S/C14H22N4O3/c1-16(2)9-10-17(3)8-7-15-14(19)12-5-4-6-13(11-12)18(20)21/h4-6,11H,7-10H2,1-3H3,(H,15,19). The summed E-state index contributed by atoms with van der Waals surface area (Å²) in [5.41, 5.74) is 0.228. The molecule has 1 aromatic carbocycles. The number of nitro benzene ring substituents is 1. The van der Waals surface area contributed by atoms with Crippen LogP contribution in [0.2, 0.25) is 0 Å². The van der Waals surface area contributed by atoms with Crippen LogP contribution in [0, 0.1) is 10.1 Å². The van der Waals surface area contributed by atoms with Crippen LogP contribution >= 0.6 is 0 Å². The normalized spacial score (nSPS) is 10.9. The molecule has 0 aliphatic carbocycles. The number of carbonyl (C=O) groups is 1. The molecule has 0 saturated carbocycles. The van der Waals surface area contributed by atoms with E-state index < -0.39 is 4.92 Å². The number of nitrogens with zero attached hydrogens (tertiary/aromatic N) is 3. The average Bonchev–Trinajstić information content (AvgIpc) is 2.45. The van der Waals surface area contributed by atoms with E-state index >= 15 is 0 Å². The first-order chi connectivity index (χ1) is 9.90. The Hall–Kier alpha value is -1.99. The van der Waals surface area contributed by atoms with Crippen molar-refractivity contribution in [1.29, 1.82) is 0 Å². The number of carbonyl (C=O) groups excluding carboxylic acids is 1. The Morgan fingerprint density at radius 3 is 2.57 bits per heavy atom. The number of benzene rings is 1. The van der Waals surface area contributed by atoms with Gasteiger partial charge in [-0.1, -0.05) is 6.07 Å². The number of hydrogen-bond acceptors (Lipinski definition) is 5. The minimum Gasteiger partial charge on any atom is -0.351 e. The Morgan fingerprint density at radius 1 is 1.24 bits per heavy atom. The number of nitrogens with one attached hydrogen (secondary N) is 1. The molecule has 7 heteroatoms. The molecular formula is C14H22N4O3. The van der Waals surface area contributed by atoms with Crippen molar-refractivity contribution in [3.8, 4) is 0 Å². The van der Waals surface area contributed by atoms with Crippen molar-refractivity contribution < 1.29 is 9.72 Å². The topological polar surface area (TPSA) is 78.7 Å². The molecule has 0 aliphatic rings. The molecule has 0 radical (unpaired) electrons. The molecule has 21 heavy (non-hydrogen) atoms. The van der Waals surface area contributed by atoms with Crippen LogP contribution in [-0.2, 0) is 0 Å². The third kappa shape index (κ3) is 6.33. The van der Waals surface area contributed by atoms with Crippen LogP contribution in [0.1, 0.15) is 10.4 Å². The van der Waals surface area contributed by atoms with Crippen molar-refractivity contribution in [3.05, 3.63) is 39.9 Å². The maximum atomic E-state index is 11.9. The molecule has 1 aromatic rings. The van der Waals surface area contributed by atoms with Gasteiger partial charge in [-0.3, -0.25) is 14.9 Å². The van der Waals surface area contributed by atoms with Gasteiger partial charge in [0.1, 0.15) is 0 Å².